The van der Waals surface area contributed by atoms with Crippen molar-refractivity contribution >= 4 is 35.2 Å². The lowest BCUT2D eigenvalue weighted by atomic mass is 10.0. The van der Waals surface area contributed by atoms with Gasteiger partial charge in [0, 0.05) is 12.1 Å². The Bertz CT molecular complexity index is 1620. The number of nitrogens with one attached hydrogen (secondary N) is 3. The fourth-order valence-corrected chi connectivity index (χ4v) is 5.17. The Morgan fingerprint density at radius 1 is 1.06 bits per heavy atom. The van der Waals surface area contributed by atoms with Crippen molar-refractivity contribution in [3.8, 4) is 23.0 Å². The third-order valence-electron chi connectivity index (χ3n) is 7.37. The van der Waals surface area contributed by atoms with Crippen LogP contribution in [0.1, 0.15) is 44.0 Å². The van der Waals surface area contributed by atoms with Crippen LogP contribution in [0, 0.1) is 11.7 Å². The van der Waals surface area contributed by atoms with E-state index in [4.69, 9.17) is 25.8 Å². The molecule has 0 saturated carbocycles. The Kier molecular flexibility index (Phi) is 12.6. The zero-order valence-corrected chi connectivity index (χ0v) is 28.0. The van der Waals surface area contributed by atoms with E-state index in [9.17, 15) is 23.6 Å². The molecule has 11 nitrogen and oxygen atoms in total. The maximum Gasteiger partial charge on any atom is 0.255 e. The predicted molar refractivity (Wildman–Crippen MR) is 178 cm³/mol. The number of para-hydroxylation sites is 2. The van der Waals surface area contributed by atoms with Crippen LogP contribution in [-0.4, -0.2) is 73.5 Å². The van der Waals surface area contributed by atoms with Crippen LogP contribution in [0.3, 0.4) is 0 Å². The molecule has 3 aromatic carbocycles. The van der Waals surface area contributed by atoms with E-state index in [1.54, 1.807) is 56.4 Å². The van der Waals surface area contributed by atoms with Crippen LogP contribution in [-0.2, 0) is 14.4 Å². The summed E-state index contributed by atoms with van der Waals surface area (Å²) in [6, 6.07) is 14.4. The molecule has 0 aliphatic carbocycles. The summed E-state index contributed by atoms with van der Waals surface area (Å²) in [5.74, 6) is -2.24. The van der Waals surface area contributed by atoms with Crippen molar-refractivity contribution in [3.05, 3.63) is 83.1 Å². The number of nitrogens with zero attached hydrogens (tertiary/aromatic N) is 1. The molecule has 4 amide bonds. The number of likely N-dealkylation sites (N-methyl/N-ethyl adjacent to an activating group) is 1. The zero-order chi connectivity index (χ0) is 34.8. The van der Waals surface area contributed by atoms with Crippen molar-refractivity contribution in [3.63, 3.8) is 0 Å². The first-order chi connectivity index (χ1) is 22.9. The molecule has 0 spiro atoms. The minimum absolute atomic E-state index is 0.0835. The molecule has 1 aliphatic rings. The lowest BCUT2D eigenvalue weighted by molar-refractivity contribution is -0.136. The molecular weight excluding hydrogens is 643 g/mol. The van der Waals surface area contributed by atoms with E-state index in [0.717, 1.165) is 0 Å². The van der Waals surface area contributed by atoms with Gasteiger partial charge in [-0.3, -0.25) is 19.2 Å². The largest absolute Gasteiger partial charge is 0.491 e. The average molecular weight is 683 g/mol. The van der Waals surface area contributed by atoms with E-state index in [0.29, 0.717) is 17.2 Å². The zero-order valence-electron chi connectivity index (χ0n) is 27.3. The molecule has 13 heteroatoms. The van der Waals surface area contributed by atoms with Crippen LogP contribution in [0.15, 0.2) is 66.7 Å². The summed E-state index contributed by atoms with van der Waals surface area (Å²) in [4.78, 5) is 55.0. The molecule has 4 rings (SSSR count). The fraction of sp³-hybridized carbons (Fsp3) is 0.371. The highest BCUT2D eigenvalue weighted by Gasteiger charge is 2.31. The molecule has 3 aromatic rings. The van der Waals surface area contributed by atoms with Gasteiger partial charge in [-0.25, -0.2) is 4.39 Å². The van der Waals surface area contributed by atoms with Gasteiger partial charge in [0.1, 0.15) is 36.8 Å². The summed E-state index contributed by atoms with van der Waals surface area (Å²) in [7, 11) is 1.61. The van der Waals surface area contributed by atoms with Crippen molar-refractivity contribution in [2.24, 2.45) is 5.92 Å². The summed E-state index contributed by atoms with van der Waals surface area (Å²) in [5, 5.41) is 8.56. The molecule has 1 aliphatic heterocycles. The van der Waals surface area contributed by atoms with E-state index in [1.807, 2.05) is 13.8 Å². The van der Waals surface area contributed by atoms with Crippen LogP contribution in [0.25, 0.3) is 0 Å². The maximum absolute atomic E-state index is 14.8. The summed E-state index contributed by atoms with van der Waals surface area (Å²) < 4.78 is 32.2. The SMILES string of the molecule is CC(C)C[C@@H]1NC(=O)C[C@@H](C(=O)N[C@H](C)COc2c(F)cccc2Oc2cccc(Cl)c2)NC(=O)c2ccccc2OCCN(C)C1=O. The number of benzene rings is 3. The maximum atomic E-state index is 14.8. The second-order valence-electron chi connectivity index (χ2n) is 11.9. The smallest absolute Gasteiger partial charge is 0.255 e. The Labute approximate surface area is 284 Å². The van der Waals surface area contributed by atoms with Crippen LogP contribution in [0.5, 0.6) is 23.0 Å². The molecule has 3 N–H and O–H groups in total. The minimum Gasteiger partial charge on any atom is -0.491 e. The lowest BCUT2D eigenvalue weighted by Gasteiger charge is -2.27. The Morgan fingerprint density at radius 2 is 1.81 bits per heavy atom. The van der Waals surface area contributed by atoms with Crippen molar-refractivity contribution in [1.29, 1.82) is 0 Å². The molecule has 256 valence electrons. The first-order valence-electron chi connectivity index (χ1n) is 15.6. The third kappa shape index (κ3) is 10.1. The van der Waals surface area contributed by atoms with E-state index >= 15 is 0 Å². The molecule has 0 bridgehead atoms. The van der Waals surface area contributed by atoms with Gasteiger partial charge >= 0.3 is 0 Å². The van der Waals surface area contributed by atoms with E-state index in [-0.39, 0.29) is 54.4 Å². The van der Waals surface area contributed by atoms with Gasteiger partial charge < -0.3 is 35.1 Å². The van der Waals surface area contributed by atoms with E-state index < -0.39 is 48.1 Å². The molecule has 0 unspecified atom stereocenters. The van der Waals surface area contributed by atoms with Crippen molar-refractivity contribution in [1.82, 2.24) is 20.9 Å². The molecule has 1 heterocycles. The molecule has 48 heavy (non-hydrogen) atoms. The predicted octanol–water partition coefficient (Wildman–Crippen LogP) is 4.73. The van der Waals surface area contributed by atoms with Gasteiger partial charge in [0.2, 0.25) is 17.7 Å². The highest BCUT2D eigenvalue weighted by atomic mass is 35.5. The van der Waals surface area contributed by atoms with Crippen LogP contribution >= 0.6 is 11.6 Å². The topological polar surface area (TPSA) is 135 Å². The van der Waals surface area contributed by atoms with Gasteiger partial charge in [-0.2, -0.15) is 0 Å². The van der Waals surface area contributed by atoms with Gasteiger partial charge in [0.15, 0.2) is 17.3 Å². The summed E-state index contributed by atoms with van der Waals surface area (Å²) in [6.07, 6.45) is -0.0834. The molecule has 0 saturated heterocycles. The Hall–Kier alpha value is -4.84. The number of rotatable bonds is 9. The summed E-state index contributed by atoms with van der Waals surface area (Å²) in [6.45, 7) is 5.63. The van der Waals surface area contributed by atoms with Crippen molar-refractivity contribution < 1.29 is 37.8 Å². The minimum atomic E-state index is -1.33. The first-order valence-corrected chi connectivity index (χ1v) is 16.0. The van der Waals surface area contributed by atoms with Crippen molar-refractivity contribution in [2.75, 3.05) is 26.8 Å². The molecule has 0 aromatic heterocycles. The monoisotopic (exact) mass is 682 g/mol. The lowest BCUT2D eigenvalue weighted by Crippen LogP contribution is -2.54. The van der Waals surface area contributed by atoms with E-state index in [1.165, 1.54) is 29.2 Å². The summed E-state index contributed by atoms with van der Waals surface area (Å²) in [5.41, 5.74) is 0.155. The summed E-state index contributed by atoms with van der Waals surface area (Å²) >= 11 is 6.05. The molecule has 0 radical (unpaired) electrons. The Morgan fingerprint density at radius 3 is 2.56 bits per heavy atom. The number of amides is 4. The van der Waals surface area contributed by atoms with Gasteiger partial charge in [-0.05, 0) is 61.7 Å². The number of fused-ring (bicyclic) bond motifs is 1. The van der Waals surface area contributed by atoms with Gasteiger partial charge in [0.05, 0.1) is 24.6 Å². The third-order valence-corrected chi connectivity index (χ3v) is 7.60. The number of carbonyl (C=O) groups excluding carboxylic acids is 4. The average Bonchev–Trinajstić information content (AvgIpc) is 3.03. The molecule has 3 atom stereocenters. The first kappa shape index (κ1) is 36.0. The number of ether oxygens (including phenoxy) is 3. The molecular formula is C35H40ClFN4O7. The second-order valence-corrected chi connectivity index (χ2v) is 12.4. The van der Waals surface area contributed by atoms with Crippen molar-refractivity contribution in [2.45, 2.75) is 51.7 Å². The number of hydrogen-bond acceptors (Lipinski definition) is 7. The van der Waals surface area contributed by atoms with E-state index in [2.05, 4.69) is 16.0 Å². The normalized spacial score (nSPS) is 18.1. The highest BCUT2D eigenvalue weighted by molar-refractivity contribution is 6.30. The quantitative estimate of drug-likeness (QED) is 0.297. The number of carbonyl (C=O) groups is 4. The Balaban J connectivity index is 1.51. The number of halogens is 2. The van der Waals surface area contributed by atoms with Crippen LogP contribution in [0.4, 0.5) is 4.39 Å². The van der Waals surface area contributed by atoms with Gasteiger partial charge in [-0.15, -0.1) is 0 Å². The second kappa shape index (κ2) is 16.8. The van der Waals surface area contributed by atoms with Gasteiger partial charge in [-0.1, -0.05) is 49.7 Å². The van der Waals surface area contributed by atoms with Gasteiger partial charge in [0.25, 0.3) is 5.91 Å². The fourth-order valence-electron chi connectivity index (χ4n) is 4.99. The number of hydrogen-bond donors (Lipinski definition) is 3. The standard InChI is InChI=1S/C35H40ClFN4O7/c1-21(2)17-28-35(45)41(4)15-16-46-29-13-6-5-11-25(29)33(43)40-27(19-31(42)39-28)34(44)38-22(3)20-47-32-26(37)12-8-14-30(32)48-24-10-7-9-23(36)18-24/h5-14,18,21-22,27-28H,15-17,19-20H2,1-4H3,(H,38,44)(H,39,42)(H,40,43)/t22-,27+,28+/m1/s1. The van der Waals surface area contributed by atoms with Crippen LogP contribution in [0.2, 0.25) is 5.02 Å². The van der Waals surface area contributed by atoms with Crippen LogP contribution < -0.4 is 30.2 Å². The highest BCUT2D eigenvalue weighted by Crippen LogP contribution is 2.34. The molecule has 0 fully saturated rings.